The van der Waals surface area contributed by atoms with E-state index in [1.807, 2.05) is 31.2 Å². The number of ether oxygens (including phenoxy) is 1. The van der Waals surface area contributed by atoms with E-state index in [9.17, 15) is 4.39 Å². The second kappa shape index (κ2) is 6.58. The summed E-state index contributed by atoms with van der Waals surface area (Å²) in [7, 11) is 1.59. The molecule has 0 unspecified atom stereocenters. The Bertz CT molecular complexity index is 810. The number of nitrogens with zero attached hydrogens (tertiary/aromatic N) is 2. The van der Waals surface area contributed by atoms with Crippen LogP contribution in [0, 0.1) is 12.7 Å². The first-order valence-electron chi connectivity index (χ1n) is 6.49. The van der Waals surface area contributed by atoms with Gasteiger partial charge in [0.1, 0.15) is 23.7 Å². The lowest BCUT2D eigenvalue weighted by Crippen LogP contribution is -1.98. The molecule has 114 valence electrons. The first-order valence-corrected chi connectivity index (χ1v) is 6.49. The van der Waals surface area contributed by atoms with Gasteiger partial charge in [0.15, 0.2) is 0 Å². The van der Waals surface area contributed by atoms with Gasteiger partial charge in [-0.2, -0.15) is 0 Å². The molecule has 0 amide bonds. The zero-order valence-electron chi connectivity index (χ0n) is 12.1. The minimum atomic E-state index is -0.315. The van der Waals surface area contributed by atoms with Gasteiger partial charge in [0.05, 0.1) is 18.3 Å². The van der Waals surface area contributed by atoms with Crippen molar-refractivity contribution in [3.63, 3.8) is 0 Å². The molecule has 4 nitrogen and oxygen atoms in total. The lowest BCUT2D eigenvalue weighted by molar-refractivity contribution is 0.415. The van der Waals surface area contributed by atoms with Crippen molar-refractivity contribution in [1.82, 2.24) is 9.97 Å². The van der Waals surface area contributed by atoms with Crippen molar-refractivity contribution in [2.45, 2.75) is 6.92 Å². The predicted molar refractivity (Wildman–Crippen MR) is 87.8 cm³/mol. The molecular weight excluding hydrogens is 305 g/mol. The van der Waals surface area contributed by atoms with Crippen LogP contribution in [0.15, 0.2) is 42.7 Å². The van der Waals surface area contributed by atoms with Crippen molar-refractivity contribution in [2.24, 2.45) is 0 Å². The molecule has 0 radical (unpaired) electrons. The van der Waals surface area contributed by atoms with E-state index in [-0.39, 0.29) is 18.2 Å². The Morgan fingerprint density at radius 2 is 1.91 bits per heavy atom. The van der Waals surface area contributed by atoms with Gasteiger partial charge >= 0.3 is 0 Å². The number of benzene rings is 2. The molecule has 2 aromatic carbocycles. The number of aryl methyl sites for hydroxylation is 1. The zero-order valence-corrected chi connectivity index (χ0v) is 12.9. The third-order valence-electron chi connectivity index (χ3n) is 3.22. The SMILES string of the molecule is COc1ccc2ncnc(Nc3ccc(C)cc3F)c2c1.Cl. The molecule has 0 saturated carbocycles. The van der Waals surface area contributed by atoms with Crippen LogP contribution in [0.1, 0.15) is 5.56 Å². The average molecular weight is 320 g/mol. The fraction of sp³-hybridized carbons (Fsp3) is 0.125. The van der Waals surface area contributed by atoms with Crippen LogP contribution >= 0.6 is 12.4 Å². The molecule has 0 fully saturated rings. The molecule has 0 atom stereocenters. The smallest absolute Gasteiger partial charge is 0.146 e. The second-order valence-corrected chi connectivity index (χ2v) is 4.71. The van der Waals surface area contributed by atoms with Gasteiger partial charge in [0.2, 0.25) is 0 Å². The average Bonchev–Trinajstić information content (AvgIpc) is 2.50. The zero-order chi connectivity index (χ0) is 14.8. The number of halogens is 2. The van der Waals surface area contributed by atoms with Crippen molar-refractivity contribution < 1.29 is 9.13 Å². The molecule has 0 aliphatic carbocycles. The summed E-state index contributed by atoms with van der Waals surface area (Å²) < 4.78 is 19.2. The number of rotatable bonds is 3. The lowest BCUT2D eigenvalue weighted by Gasteiger charge is -2.10. The van der Waals surface area contributed by atoms with E-state index in [1.54, 1.807) is 13.2 Å². The van der Waals surface area contributed by atoms with Crippen molar-refractivity contribution in [3.05, 3.63) is 54.1 Å². The molecule has 1 heterocycles. The van der Waals surface area contributed by atoms with Gasteiger partial charge in [-0.15, -0.1) is 12.4 Å². The van der Waals surface area contributed by atoms with Crippen molar-refractivity contribution in [2.75, 3.05) is 12.4 Å². The monoisotopic (exact) mass is 319 g/mol. The van der Waals surface area contributed by atoms with Crippen LogP contribution in [0.25, 0.3) is 10.9 Å². The summed E-state index contributed by atoms with van der Waals surface area (Å²) in [5.74, 6) is 0.927. The van der Waals surface area contributed by atoms with Gasteiger partial charge in [-0.3, -0.25) is 0 Å². The second-order valence-electron chi connectivity index (χ2n) is 4.71. The van der Waals surface area contributed by atoms with Crippen LogP contribution in [0.4, 0.5) is 15.9 Å². The first-order chi connectivity index (χ1) is 10.2. The van der Waals surface area contributed by atoms with Gasteiger partial charge < -0.3 is 10.1 Å². The van der Waals surface area contributed by atoms with Crippen LogP contribution in [-0.2, 0) is 0 Å². The summed E-state index contributed by atoms with van der Waals surface area (Å²) in [6.45, 7) is 1.85. The fourth-order valence-electron chi connectivity index (χ4n) is 2.11. The van der Waals surface area contributed by atoms with Gasteiger partial charge in [0, 0.05) is 5.39 Å². The molecule has 1 aromatic heterocycles. The topological polar surface area (TPSA) is 47.0 Å². The fourth-order valence-corrected chi connectivity index (χ4v) is 2.11. The molecule has 0 aliphatic heterocycles. The first kappa shape index (κ1) is 16.0. The van der Waals surface area contributed by atoms with Crippen molar-refractivity contribution in [3.8, 4) is 5.75 Å². The number of fused-ring (bicyclic) bond motifs is 1. The highest BCUT2D eigenvalue weighted by atomic mass is 35.5. The number of nitrogens with one attached hydrogen (secondary N) is 1. The van der Waals surface area contributed by atoms with E-state index in [2.05, 4.69) is 15.3 Å². The Kier molecular flexibility index (Phi) is 4.78. The number of methoxy groups -OCH3 is 1. The van der Waals surface area contributed by atoms with Crippen LogP contribution in [0.3, 0.4) is 0 Å². The molecule has 1 N–H and O–H groups in total. The van der Waals surface area contributed by atoms with E-state index in [4.69, 9.17) is 4.74 Å². The molecule has 0 bridgehead atoms. The summed E-state index contributed by atoms with van der Waals surface area (Å²) in [5.41, 5.74) is 2.01. The third-order valence-corrected chi connectivity index (χ3v) is 3.22. The van der Waals surface area contributed by atoms with Crippen molar-refractivity contribution >= 4 is 34.8 Å². The Labute approximate surface area is 133 Å². The quantitative estimate of drug-likeness (QED) is 0.784. The third kappa shape index (κ3) is 3.09. The summed E-state index contributed by atoms with van der Waals surface area (Å²) in [6, 6.07) is 10.5. The highest BCUT2D eigenvalue weighted by molar-refractivity contribution is 5.91. The number of anilines is 2. The van der Waals surface area contributed by atoms with Gasteiger partial charge in [-0.05, 0) is 42.8 Å². The minimum Gasteiger partial charge on any atom is -0.497 e. The van der Waals surface area contributed by atoms with E-state index < -0.39 is 0 Å². The summed E-state index contributed by atoms with van der Waals surface area (Å²) in [5, 5.41) is 3.79. The predicted octanol–water partition coefficient (Wildman–Crippen LogP) is 4.25. The van der Waals surface area contributed by atoms with E-state index in [0.717, 1.165) is 16.5 Å². The largest absolute Gasteiger partial charge is 0.497 e. The molecule has 3 aromatic rings. The number of aromatic nitrogens is 2. The Morgan fingerprint density at radius 1 is 1.09 bits per heavy atom. The molecule has 0 saturated heterocycles. The summed E-state index contributed by atoms with van der Waals surface area (Å²) in [4.78, 5) is 8.39. The normalized spacial score (nSPS) is 10.1. The van der Waals surface area contributed by atoms with E-state index in [1.165, 1.54) is 12.4 Å². The number of hydrogen-bond acceptors (Lipinski definition) is 4. The summed E-state index contributed by atoms with van der Waals surface area (Å²) >= 11 is 0. The van der Waals surface area contributed by atoms with Crippen LogP contribution in [0.5, 0.6) is 5.75 Å². The van der Waals surface area contributed by atoms with Crippen molar-refractivity contribution in [1.29, 1.82) is 0 Å². The highest BCUT2D eigenvalue weighted by Crippen LogP contribution is 2.27. The Balaban J connectivity index is 0.00000176. The molecule has 0 spiro atoms. The molecule has 6 heteroatoms. The molecule has 3 rings (SSSR count). The van der Waals surface area contributed by atoms with Crippen LogP contribution in [0.2, 0.25) is 0 Å². The molecular formula is C16H15ClFN3O. The van der Waals surface area contributed by atoms with E-state index in [0.29, 0.717) is 17.3 Å². The molecule has 22 heavy (non-hydrogen) atoms. The van der Waals surface area contributed by atoms with E-state index >= 15 is 0 Å². The van der Waals surface area contributed by atoms with Gasteiger partial charge in [-0.1, -0.05) is 6.07 Å². The van der Waals surface area contributed by atoms with Crippen LogP contribution in [-0.4, -0.2) is 17.1 Å². The summed E-state index contributed by atoms with van der Waals surface area (Å²) in [6.07, 6.45) is 1.45. The maximum Gasteiger partial charge on any atom is 0.146 e. The van der Waals surface area contributed by atoms with Gasteiger partial charge in [-0.25, -0.2) is 14.4 Å². The minimum absolute atomic E-state index is 0. The highest BCUT2D eigenvalue weighted by Gasteiger charge is 2.08. The maximum atomic E-state index is 14.0. The maximum absolute atomic E-state index is 14.0. The Hall–Kier alpha value is -2.40. The standard InChI is InChI=1S/C16H14FN3O.ClH/c1-10-3-5-15(13(17)7-10)20-16-12-8-11(21-2)4-6-14(12)18-9-19-16;/h3-9H,1-2H3,(H,18,19,20);1H. The number of hydrogen-bond donors (Lipinski definition) is 1. The molecule has 0 aliphatic rings. The van der Waals surface area contributed by atoms with Gasteiger partial charge in [0.25, 0.3) is 0 Å². The Morgan fingerprint density at radius 3 is 2.64 bits per heavy atom. The van der Waals surface area contributed by atoms with Crippen LogP contribution < -0.4 is 10.1 Å². The lowest BCUT2D eigenvalue weighted by atomic mass is 10.2.